The summed E-state index contributed by atoms with van der Waals surface area (Å²) in [7, 11) is -1.99. The number of rotatable bonds is 6. The summed E-state index contributed by atoms with van der Waals surface area (Å²) in [6.07, 6.45) is 1.64. The van der Waals surface area contributed by atoms with E-state index in [2.05, 4.69) is 0 Å². The lowest BCUT2D eigenvalue weighted by atomic mass is 10.0. The zero-order valence-corrected chi connectivity index (χ0v) is 15.4. The van der Waals surface area contributed by atoms with Gasteiger partial charge in [0, 0.05) is 32.1 Å². The van der Waals surface area contributed by atoms with E-state index in [4.69, 9.17) is 4.74 Å². The Labute approximate surface area is 144 Å². The molecule has 1 amide bonds. The molecule has 0 radical (unpaired) electrons. The topological polar surface area (TPSA) is 66.9 Å². The fourth-order valence-corrected chi connectivity index (χ4v) is 4.36. The van der Waals surface area contributed by atoms with Gasteiger partial charge < -0.3 is 9.64 Å². The first-order valence-corrected chi connectivity index (χ1v) is 9.81. The maximum absolute atomic E-state index is 12.7. The van der Waals surface area contributed by atoms with E-state index in [1.54, 1.807) is 36.3 Å². The molecule has 1 fully saturated rings. The Kier molecular flexibility index (Phi) is 6.23. The molecule has 1 aromatic carbocycles. The second-order valence-electron chi connectivity index (χ2n) is 5.92. The van der Waals surface area contributed by atoms with Gasteiger partial charge in [-0.15, -0.1) is 0 Å². The summed E-state index contributed by atoms with van der Waals surface area (Å²) < 4.78 is 31.9. The van der Waals surface area contributed by atoms with Gasteiger partial charge in [0.1, 0.15) is 5.75 Å². The Morgan fingerprint density at radius 2 is 1.62 bits per heavy atom. The number of methoxy groups -OCH3 is 1. The minimum atomic E-state index is -3.53. The highest BCUT2D eigenvalue weighted by atomic mass is 32.2. The molecular weight excluding hydrogens is 328 g/mol. The molecule has 0 atom stereocenters. The SMILES string of the molecule is CCC(CC)C(=O)N1CCN(S(=O)(=O)c2ccc(OC)cc2)CC1. The highest BCUT2D eigenvalue weighted by molar-refractivity contribution is 7.89. The van der Waals surface area contributed by atoms with Crippen LogP contribution in [-0.4, -0.2) is 56.8 Å². The molecule has 0 spiro atoms. The molecule has 0 unspecified atom stereocenters. The van der Waals surface area contributed by atoms with Crippen LogP contribution in [0.5, 0.6) is 5.75 Å². The molecule has 6 nitrogen and oxygen atoms in total. The van der Waals surface area contributed by atoms with Gasteiger partial charge in [-0.25, -0.2) is 8.42 Å². The van der Waals surface area contributed by atoms with E-state index in [0.717, 1.165) is 12.8 Å². The third-order valence-electron chi connectivity index (χ3n) is 4.58. The molecule has 7 heteroatoms. The summed E-state index contributed by atoms with van der Waals surface area (Å²) in [5.41, 5.74) is 0. The number of hydrogen-bond donors (Lipinski definition) is 0. The number of ether oxygens (including phenoxy) is 1. The standard InChI is InChI=1S/C17H26N2O4S/c1-4-14(5-2)17(20)18-10-12-19(13-11-18)24(21,22)16-8-6-15(23-3)7-9-16/h6-9,14H,4-5,10-13H2,1-3H3. The van der Waals surface area contributed by atoms with E-state index in [-0.39, 0.29) is 16.7 Å². The van der Waals surface area contributed by atoms with Crippen LogP contribution in [0.3, 0.4) is 0 Å². The number of piperazine rings is 1. The summed E-state index contributed by atoms with van der Waals surface area (Å²) in [6, 6.07) is 6.38. The number of carbonyl (C=O) groups is 1. The normalized spacial score (nSPS) is 16.4. The predicted molar refractivity (Wildman–Crippen MR) is 92.4 cm³/mol. The van der Waals surface area contributed by atoms with Crippen molar-refractivity contribution in [1.82, 2.24) is 9.21 Å². The van der Waals surface area contributed by atoms with E-state index in [0.29, 0.717) is 31.9 Å². The molecule has 0 saturated carbocycles. The quantitative estimate of drug-likeness (QED) is 0.783. The third kappa shape index (κ3) is 3.89. The number of benzene rings is 1. The van der Waals surface area contributed by atoms with Gasteiger partial charge in [0.25, 0.3) is 0 Å². The smallest absolute Gasteiger partial charge is 0.243 e. The van der Waals surface area contributed by atoms with Crippen molar-refractivity contribution in [2.45, 2.75) is 31.6 Å². The fraction of sp³-hybridized carbons (Fsp3) is 0.588. The molecule has 1 aliphatic rings. The number of hydrogen-bond acceptors (Lipinski definition) is 4. The first kappa shape index (κ1) is 18.7. The number of sulfonamides is 1. The zero-order chi connectivity index (χ0) is 17.7. The van der Waals surface area contributed by atoms with Gasteiger partial charge in [-0.3, -0.25) is 4.79 Å². The van der Waals surface area contributed by atoms with Crippen LogP contribution in [0.2, 0.25) is 0 Å². The predicted octanol–water partition coefficient (Wildman–Crippen LogP) is 1.96. The lowest BCUT2D eigenvalue weighted by Gasteiger charge is -2.35. The van der Waals surface area contributed by atoms with Crippen LogP contribution in [0.15, 0.2) is 29.2 Å². The highest BCUT2D eigenvalue weighted by Gasteiger charge is 2.31. The van der Waals surface area contributed by atoms with Crippen LogP contribution >= 0.6 is 0 Å². The second-order valence-corrected chi connectivity index (χ2v) is 7.86. The van der Waals surface area contributed by atoms with Gasteiger partial charge in [0.15, 0.2) is 0 Å². The van der Waals surface area contributed by atoms with Crippen LogP contribution < -0.4 is 4.74 Å². The lowest BCUT2D eigenvalue weighted by Crippen LogP contribution is -2.51. The first-order chi connectivity index (χ1) is 11.4. The van der Waals surface area contributed by atoms with Crippen molar-refractivity contribution in [3.63, 3.8) is 0 Å². The zero-order valence-electron chi connectivity index (χ0n) is 14.6. The van der Waals surface area contributed by atoms with Gasteiger partial charge in [-0.05, 0) is 37.1 Å². The Hall–Kier alpha value is -1.60. The maximum Gasteiger partial charge on any atom is 0.243 e. The largest absolute Gasteiger partial charge is 0.497 e. The average Bonchev–Trinajstić information content (AvgIpc) is 2.62. The minimum absolute atomic E-state index is 0.0368. The van der Waals surface area contributed by atoms with Crippen LogP contribution in [0.25, 0.3) is 0 Å². The fourth-order valence-electron chi connectivity index (χ4n) is 2.94. The van der Waals surface area contributed by atoms with Gasteiger partial charge in [-0.2, -0.15) is 4.31 Å². The Morgan fingerprint density at radius 1 is 1.08 bits per heavy atom. The Balaban J connectivity index is 2.03. The van der Waals surface area contributed by atoms with Crippen molar-refractivity contribution in [1.29, 1.82) is 0 Å². The van der Waals surface area contributed by atoms with Crippen molar-refractivity contribution >= 4 is 15.9 Å². The molecule has 1 saturated heterocycles. The highest BCUT2D eigenvalue weighted by Crippen LogP contribution is 2.21. The molecule has 1 heterocycles. The molecular formula is C17H26N2O4S. The first-order valence-electron chi connectivity index (χ1n) is 8.37. The molecule has 134 valence electrons. The van der Waals surface area contributed by atoms with Crippen molar-refractivity contribution in [2.24, 2.45) is 5.92 Å². The summed E-state index contributed by atoms with van der Waals surface area (Å²) in [6.45, 7) is 5.59. The summed E-state index contributed by atoms with van der Waals surface area (Å²) in [5.74, 6) is 0.797. The van der Waals surface area contributed by atoms with E-state index < -0.39 is 10.0 Å². The molecule has 0 N–H and O–H groups in total. The maximum atomic E-state index is 12.7. The van der Waals surface area contributed by atoms with E-state index >= 15 is 0 Å². The van der Waals surface area contributed by atoms with E-state index in [1.807, 2.05) is 13.8 Å². The van der Waals surface area contributed by atoms with Crippen molar-refractivity contribution < 1.29 is 17.9 Å². The number of nitrogens with zero attached hydrogens (tertiary/aromatic N) is 2. The Bertz CT molecular complexity index is 646. The second kappa shape index (κ2) is 7.98. The average molecular weight is 354 g/mol. The van der Waals surface area contributed by atoms with Crippen LogP contribution in [-0.2, 0) is 14.8 Å². The lowest BCUT2D eigenvalue weighted by molar-refractivity contribution is -0.136. The Morgan fingerprint density at radius 3 is 2.08 bits per heavy atom. The van der Waals surface area contributed by atoms with Crippen molar-refractivity contribution in [3.8, 4) is 5.75 Å². The molecule has 1 aromatic rings. The summed E-state index contributed by atoms with van der Waals surface area (Å²) >= 11 is 0. The molecule has 0 aromatic heterocycles. The summed E-state index contributed by atoms with van der Waals surface area (Å²) in [5, 5.41) is 0. The van der Waals surface area contributed by atoms with Crippen molar-refractivity contribution in [2.75, 3.05) is 33.3 Å². The third-order valence-corrected chi connectivity index (χ3v) is 6.50. The van der Waals surface area contributed by atoms with Gasteiger partial charge in [0.2, 0.25) is 15.9 Å². The number of carbonyl (C=O) groups excluding carboxylic acids is 1. The van der Waals surface area contributed by atoms with Crippen molar-refractivity contribution in [3.05, 3.63) is 24.3 Å². The monoisotopic (exact) mass is 354 g/mol. The van der Waals surface area contributed by atoms with Crippen LogP contribution in [0.4, 0.5) is 0 Å². The molecule has 2 rings (SSSR count). The van der Waals surface area contributed by atoms with Gasteiger partial charge in [0.05, 0.1) is 12.0 Å². The molecule has 0 bridgehead atoms. The molecule has 1 aliphatic heterocycles. The summed E-state index contributed by atoms with van der Waals surface area (Å²) in [4.78, 5) is 14.4. The van der Waals surface area contributed by atoms with Gasteiger partial charge in [-0.1, -0.05) is 13.8 Å². The molecule has 24 heavy (non-hydrogen) atoms. The van der Waals surface area contributed by atoms with Gasteiger partial charge >= 0.3 is 0 Å². The van der Waals surface area contributed by atoms with E-state index in [1.165, 1.54) is 4.31 Å². The minimum Gasteiger partial charge on any atom is -0.497 e. The van der Waals surface area contributed by atoms with Crippen LogP contribution in [0, 0.1) is 5.92 Å². The van der Waals surface area contributed by atoms with Crippen LogP contribution in [0.1, 0.15) is 26.7 Å². The van der Waals surface area contributed by atoms with E-state index in [9.17, 15) is 13.2 Å². The number of amides is 1. The molecule has 0 aliphatic carbocycles.